The van der Waals surface area contributed by atoms with E-state index in [0.29, 0.717) is 23.6 Å². The first-order valence-corrected chi connectivity index (χ1v) is 9.46. The average molecular weight is 384 g/mol. The van der Waals surface area contributed by atoms with Gasteiger partial charge in [0.25, 0.3) is 10.0 Å². The molecule has 25 heavy (non-hydrogen) atoms. The predicted octanol–water partition coefficient (Wildman–Crippen LogP) is 3.77. The third-order valence-electron chi connectivity index (χ3n) is 3.28. The molecule has 0 aliphatic heterocycles. The fraction of sp³-hybridized carbons (Fsp3) is 0.235. The Kier molecular flexibility index (Phi) is 6.66. The monoisotopic (exact) mass is 383 g/mol. The standard InChI is InChI=1S/C17H18ClNO5S/c18-13-9-10-15(16(12-13)24-11-5-4-8-17(20)21)19-25(22,23)14-6-2-1-3-7-14/h1-3,6-7,9-10,12,19H,4-5,8,11H2,(H,20,21). The Morgan fingerprint density at radius 1 is 1.12 bits per heavy atom. The number of nitrogens with one attached hydrogen (secondary N) is 1. The van der Waals surface area contributed by atoms with Crippen molar-refractivity contribution in [3.8, 4) is 5.75 Å². The van der Waals surface area contributed by atoms with E-state index in [4.69, 9.17) is 21.4 Å². The molecule has 0 aliphatic carbocycles. The zero-order valence-electron chi connectivity index (χ0n) is 13.3. The molecule has 0 aromatic heterocycles. The van der Waals surface area contributed by atoms with Gasteiger partial charge in [0.2, 0.25) is 0 Å². The number of rotatable bonds is 9. The minimum Gasteiger partial charge on any atom is -0.491 e. The number of carboxylic acid groups (broad SMARTS) is 1. The maximum Gasteiger partial charge on any atom is 0.303 e. The number of carbonyl (C=O) groups is 1. The van der Waals surface area contributed by atoms with Gasteiger partial charge >= 0.3 is 5.97 Å². The number of benzene rings is 2. The molecule has 2 rings (SSSR count). The molecular formula is C17H18ClNO5S. The molecule has 0 fully saturated rings. The molecule has 134 valence electrons. The van der Waals surface area contributed by atoms with Crippen LogP contribution in [0.3, 0.4) is 0 Å². The van der Waals surface area contributed by atoms with Gasteiger partial charge in [-0.3, -0.25) is 9.52 Å². The van der Waals surface area contributed by atoms with E-state index in [0.717, 1.165) is 0 Å². The molecule has 0 amide bonds. The van der Waals surface area contributed by atoms with Crippen LogP contribution in [0.1, 0.15) is 19.3 Å². The summed E-state index contributed by atoms with van der Waals surface area (Å²) in [6.45, 7) is 0.258. The van der Waals surface area contributed by atoms with Crippen LogP contribution in [0.15, 0.2) is 53.4 Å². The fourth-order valence-corrected chi connectivity index (χ4v) is 3.32. The van der Waals surface area contributed by atoms with Gasteiger partial charge in [-0.2, -0.15) is 0 Å². The summed E-state index contributed by atoms with van der Waals surface area (Å²) in [5.74, 6) is -0.568. The summed E-state index contributed by atoms with van der Waals surface area (Å²) in [6, 6.07) is 12.6. The lowest BCUT2D eigenvalue weighted by Gasteiger charge is -2.14. The molecule has 2 N–H and O–H groups in total. The van der Waals surface area contributed by atoms with Crippen molar-refractivity contribution in [2.75, 3.05) is 11.3 Å². The summed E-state index contributed by atoms with van der Waals surface area (Å²) in [6.07, 6.45) is 1.07. The first-order valence-electron chi connectivity index (χ1n) is 7.60. The van der Waals surface area contributed by atoms with Gasteiger partial charge in [0.05, 0.1) is 17.2 Å². The Balaban J connectivity index is 2.09. The molecule has 0 bridgehead atoms. The molecule has 0 heterocycles. The number of anilines is 1. The van der Waals surface area contributed by atoms with E-state index < -0.39 is 16.0 Å². The lowest BCUT2D eigenvalue weighted by Crippen LogP contribution is -2.14. The number of carboxylic acids is 1. The molecule has 0 unspecified atom stereocenters. The van der Waals surface area contributed by atoms with Crippen LogP contribution in [0, 0.1) is 0 Å². The molecule has 0 spiro atoms. The smallest absolute Gasteiger partial charge is 0.303 e. The molecular weight excluding hydrogens is 366 g/mol. The normalized spacial score (nSPS) is 11.1. The quantitative estimate of drug-likeness (QED) is 0.643. The molecule has 0 aliphatic rings. The summed E-state index contributed by atoms with van der Waals surface area (Å²) >= 11 is 5.95. The Hall–Kier alpha value is -2.25. The van der Waals surface area contributed by atoms with Crippen molar-refractivity contribution in [1.82, 2.24) is 0 Å². The van der Waals surface area contributed by atoms with E-state index in [1.807, 2.05) is 0 Å². The molecule has 8 heteroatoms. The highest BCUT2D eigenvalue weighted by Gasteiger charge is 2.16. The third kappa shape index (κ3) is 5.95. The van der Waals surface area contributed by atoms with Gasteiger partial charge < -0.3 is 9.84 Å². The third-order valence-corrected chi connectivity index (χ3v) is 4.90. The van der Waals surface area contributed by atoms with E-state index in [1.54, 1.807) is 24.3 Å². The number of hydrogen-bond acceptors (Lipinski definition) is 4. The zero-order valence-corrected chi connectivity index (χ0v) is 14.9. The van der Waals surface area contributed by atoms with Gasteiger partial charge in [0, 0.05) is 17.5 Å². The van der Waals surface area contributed by atoms with Crippen LogP contribution in [0.2, 0.25) is 5.02 Å². The highest BCUT2D eigenvalue weighted by atomic mass is 35.5. The topological polar surface area (TPSA) is 92.7 Å². The molecule has 2 aromatic rings. The Bertz CT molecular complexity index is 824. The number of ether oxygens (including phenoxy) is 1. The predicted molar refractivity (Wildman–Crippen MR) is 95.7 cm³/mol. The van der Waals surface area contributed by atoms with Crippen molar-refractivity contribution in [3.05, 3.63) is 53.6 Å². The number of halogens is 1. The Labute approximate surface area is 151 Å². The van der Waals surface area contributed by atoms with Crippen LogP contribution in [-0.2, 0) is 14.8 Å². The number of sulfonamides is 1. The van der Waals surface area contributed by atoms with Gasteiger partial charge in [-0.15, -0.1) is 0 Å². The van der Waals surface area contributed by atoms with E-state index in [1.165, 1.54) is 24.3 Å². The minimum absolute atomic E-state index is 0.0619. The largest absolute Gasteiger partial charge is 0.491 e. The second-order valence-electron chi connectivity index (χ2n) is 5.26. The van der Waals surface area contributed by atoms with E-state index >= 15 is 0 Å². The lowest BCUT2D eigenvalue weighted by atomic mass is 10.2. The highest BCUT2D eigenvalue weighted by Crippen LogP contribution is 2.30. The van der Waals surface area contributed by atoms with Gasteiger partial charge in [-0.1, -0.05) is 29.8 Å². The Morgan fingerprint density at radius 2 is 1.84 bits per heavy atom. The summed E-state index contributed by atoms with van der Waals surface area (Å²) in [5, 5.41) is 9.02. The van der Waals surface area contributed by atoms with Crippen molar-refractivity contribution in [3.63, 3.8) is 0 Å². The van der Waals surface area contributed by atoms with Crippen molar-refractivity contribution in [1.29, 1.82) is 0 Å². The van der Waals surface area contributed by atoms with Crippen molar-refractivity contribution in [2.45, 2.75) is 24.2 Å². The van der Waals surface area contributed by atoms with Gasteiger partial charge in [0.15, 0.2) is 0 Å². The summed E-state index contributed by atoms with van der Waals surface area (Å²) < 4.78 is 32.9. The molecule has 0 atom stereocenters. The summed E-state index contributed by atoms with van der Waals surface area (Å²) in [5.41, 5.74) is 0.270. The van der Waals surface area contributed by atoms with E-state index in [-0.39, 0.29) is 23.6 Å². The fourth-order valence-electron chi connectivity index (χ4n) is 2.06. The summed E-state index contributed by atoms with van der Waals surface area (Å²) in [4.78, 5) is 10.6. The average Bonchev–Trinajstić information content (AvgIpc) is 2.57. The second-order valence-corrected chi connectivity index (χ2v) is 7.38. The van der Waals surface area contributed by atoms with E-state index in [2.05, 4.69) is 4.72 Å². The number of hydrogen-bond donors (Lipinski definition) is 2. The SMILES string of the molecule is O=C(O)CCCCOc1cc(Cl)ccc1NS(=O)(=O)c1ccccc1. The summed E-state index contributed by atoms with van der Waals surface area (Å²) in [7, 11) is -3.75. The highest BCUT2D eigenvalue weighted by molar-refractivity contribution is 7.92. The number of aliphatic carboxylic acids is 1. The van der Waals surface area contributed by atoms with Crippen LogP contribution >= 0.6 is 11.6 Å². The van der Waals surface area contributed by atoms with Crippen LogP contribution in [0.4, 0.5) is 5.69 Å². The van der Waals surface area contributed by atoms with Crippen LogP contribution < -0.4 is 9.46 Å². The molecule has 0 radical (unpaired) electrons. The molecule has 6 nitrogen and oxygen atoms in total. The van der Waals surface area contributed by atoms with Gasteiger partial charge in [-0.25, -0.2) is 8.42 Å². The van der Waals surface area contributed by atoms with Crippen LogP contribution in [0.5, 0.6) is 5.75 Å². The maximum absolute atomic E-state index is 12.4. The maximum atomic E-state index is 12.4. The lowest BCUT2D eigenvalue weighted by molar-refractivity contribution is -0.137. The number of unbranched alkanes of at least 4 members (excludes halogenated alkanes) is 1. The Morgan fingerprint density at radius 3 is 2.52 bits per heavy atom. The first kappa shape index (κ1) is 19.1. The van der Waals surface area contributed by atoms with Crippen LogP contribution in [-0.4, -0.2) is 26.1 Å². The zero-order chi connectivity index (χ0) is 18.3. The van der Waals surface area contributed by atoms with E-state index in [9.17, 15) is 13.2 Å². The second kappa shape index (κ2) is 8.73. The van der Waals surface area contributed by atoms with Crippen molar-refractivity contribution < 1.29 is 23.1 Å². The van der Waals surface area contributed by atoms with Crippen molar-refractivity contribution in [2.24, 2.45) is 0 Å². The van der Waals surface area contributed by atoms with Crippen molar-refractivity contribution >= 4 is 33.3 Å². The van der Waals surface area contributed by atoms with Crippen LogP contribution in [0.25, 0.3) is 0 Å². The first-order chi connectivity index (χ1) is 11.9. The van der Waals surface area contributed by atoms with Gasteiger partial charge in [0.1, 0.15) is 5.75 Å². The molecule has 2 aromatic carbocycles. The molecule has 0 saturated heterocycles. The van der Waals surface area contributed by atoms with Gasteiger partial charge in [-0.05, 0) is 37.1 Å². The minimum atomic E-state index is -3.75. The molecule has 0 saturated carbocycles.